The first kappa shape index (κ1) is 22.2. The summed E-state index contributed by atoms with van der Waals surface area (Å²) < 4.78 is 3.70. The van der Waals surface area contributed by atoms with Gasteiger partial charge >= 0.3 is 0 Å². The number of nitrogens with zero attached hydrogens (tertiary/aromatic N) is 8. The smallest absolute Gasteiger partial charge is 0.228 e. The molecule has 1 aliphatic heterocycles. The van der Waals surface area contributed by atoms with Crippen LogP contribution in [0, 0.1) is 0 Å². The highest BCUT2D eigenvalue weighted by molar-refractivity contribution is 6.30. The first-order valence-electron chi connectivity index (χ1n) is 11.4. The molecule has 0 aromatic carbocycles. The van der Waals surface area contributed by atoms with Crippen LogP contribution in [0.3, 0.4) is 0 Å². The summed E-state index contributed by atoms with van der Waals surface area (Å²) >= 11 is 5.99. The lowest BCUT2D eigenvalue weighted by molar-refractivity contribution is -0.118. The number of rotatable bonds is 5. The van der Waals surface area contributed by atoms with E-state index < -0.39 is 0 Å². The predicted molar refractivity (Wildman–Crippen MR) is 136 cm³/mol. The van der Waals surface area contributed by atoms with Crippen LogP contribution in [0.5, 0.6) is 0 Å². The Bertz CT molecular complexity index is 1590. The van der Waals surface area contributed by atoms with Gasteiger partial charge in [0.25, 0.3) is 0 Å². The van der Waals surface area contributed by atoms with Gasteiger partial charge in [0, 0.05) is 57.0 Å². The topological polar surface area (TPSA) is 106 Å². The van der Waals surface area contributed by atoms with Crippen molar-refractivity contribution < 1.29 is 4.79 Å². The third-order valence-corrected chi connectivity index (χ3v) is 6.65. The molecule has 5 aromatic heterocycles. The molecule has 6 rings (SSSR count). The summed E-state index contributed by atoms with van der Waals surface area (Å²) in [6.07, 6.45) is 5.95. The van der Waals surface area contributed by atoms with E-state index >= 15 is 0 Å². The van der Waals surface area contributed by atoms with Crippen LogP contribution in [0.25, 0.3) is 16.8 Å². The fraction of sp³-hybridized carbons (Fsp3) is 0.200. The standard InChI is InChI=1S/C25H22ClN9O/c1-33-23-12-16(15-5-7-27-20(10-15)30-21-6-8-29-34(21)2)11-22-31-32-25(35(22)23)17(13-24(33)36)9-19-4-3-18(26)14-28-19/h3-8,10-12,14,17H,9,13H2,1-2H3,(H,27,30). The molecule has 1 unspecified atom stereocenters. The normalized spacial score (nSPS) is 15.4. The summed E-state index contributed by atoms with van der Waals surface area (Å²) in [6.45, 7) is 0. The average Bonchev–Trinajstić information content (AvgIpc) is 3.47. The van der Waals surface area contributed by atoms with Gasteiger partial charge in [-0.05, 0) is 47.5 Å². The fourth-order valence-electron chi connectivity index (χ4n) is 4.52. The van der Waals surface area contributed by atoms with Crippen molar-refractivity contribution in [3.63, 3.8) is 0 Å². The van der Waals surface area contributed by atoms with E-state index in [-0.39, 0.29) is 11.8 Å². The van der Waals surface area contributed by atoms with Crippen LogP contribution >= 0.6 is 11.6 Å². The Hall–Kier alpha value is -4.31. The van der Waals surface area contributed by atoms with Crippen molar-refractivity contribution in [3.8, 4) is 11.1 Å². The molecule has 36 heavy (non-hydrogen) atoms. The Morgan fingerprint density at radius 1 is 1.03 bits per heavy atom. The highest BCUT2D eigenvalue weighted by Gasteiger charge is 2.31. The molecule has 6 heterocycles. The Morgan fingerprint density at radius 2 is 1.92 bits per heavy atom. The Labute approximate surface area is 211 Å². The molecule has 180 valence electrons. The Balaban J connectivity index is 1.40. The summed E-state index contributed by atoms with van der Waals surface area (Å²) in [5, 5.41) is 17.0. The van der Waals surface area contributed by atoms with Gasteiger partial charge in [0.15, 0.2) is 5.65 Å². The molecule has 1 amide bonds. The first-order chi connectivity index (χ1) is 17.5. The summed E-state index contributed by atoms with van der Waals surface area (Å²) in [7, 11) is 3.65. The van der Waals surface area contributed by atoms with Crippen molar-refractivity contribution in [1.82, 2.24) is 34.3 Å². The van der Waals surface area contributed by atoms with Crippen molar-refractivity contribution >= 4 is 40.6 Å². The van der Waals surface area contributed by atoms with E-state index in [1.165, 1.54) is 0 Å². The van der Waals surface area contributed by atoms with Crippen LogP contribution in [-0.4, -0.2) is 47.3 Å². The molecule has 0 radical (unpaired) electrons. The van der Waals surface area contributed by atoms with Crippen LogP contribution in [0.1, 0.15) is 23.9 Å². The van der Waals surface area contributed by atoms with Gasteiger partial charge in [0.1, 0.15) is 23.3 Å². The van der Waals surface area contributed by atoms with E-state index in [9.17, 15) is 4.79 Å². The lowest BCUT2D eigenvalue weighted by Gasteiger charge is -2.18. The van der Waals surface area contributed by atoms with Gasteiger partial charge < -0.3 is 10.2 Å². The highest BCUT2D eigenvalue weighted by Crippen LogP contribution is 2.35. The number of aromatic nitrogens is 7. The zero-order chi connectivity index (χ0) is 24.8. The number of aryl methyl sites for hydroxylation is 1. The summed E-state index contributed by atoms with van der Waals surface area (Å²) in [6, 6.07) is 13.4. The number of anilines is 3. The zero-order valence-electron chi connectivity index (χ0n) is 19.6. The number of nitrogens with one attached hydrogen (secondary N) is 1. The van der Waals surface area contributed by atoms with Gasteiger partial charge in [-0.2, -0.15) is 5.10 Å². The largest absolute Gasteiger partial charge is 0.325 e. The number of carbonyl (C=O) groups is 1. The van der Waals surface area contributed by atoms with Gasteiger partial charge in [-0.3, -0.25) is 18.9 Å². The second kappa shape index (κ2) is 8.72. The monoisotopic (exact) mass is 499 g/mol. The number of halogens is 1. The maximum atomic E-state index is 13.2. The summed E-state index contributed by atoms with van der Waals surface area (Å²) in [4.78, 5) is 23.7. The van der Waals surface area contributed by atoms with Gasteiger partial charge in [0.2, 0.25) is 5.91 Å². The van der Waals surface area contributed by atoms with Crippen molar-refractivity contribution in [2.24, 2.45) is 7.05 Å². The minimum Gasteiger partial charge on any atom is -0.325 e. The van der Waals surface area contributed by atoms with Crippen molar-refractivity contribution in [2.45, 2.75) is 18.8 Å². The van der Waals surface area contributed by atoms with Crippen molar-refractivity contribution in [1.29, 1.82) is 0 Å². The molecule has 11 heteroatoms. The van der Waals surface area contributed by atoms with Crippen LogP contribution in [0.15, 0.2) is 61.1 Å². The maximum absolute atomic E-state index is 13.2. The third-order valence-electron chi connectivity index (χ3n) is 6.43. The van der Waals surface area contributed by atoms with Crippen LogP contribution in [-0.2, 0) is 18.3 Å². The van der Waals surface area contributed by atoms with E-state index in [0.717, 1.165) is 34.3 Å². The predicted octanol–water partition coefficient (Wildman–Crippen LogP) is 4.01. The lowest BCUT2D eigenvalue weighted by atomic mass is 9.98. The minimum atomic E-state index is -0.161. The Morgan fingerprint density at radius 3 is 2.69 bits per heavy atom. The van der Waals surface area contributed by atoms with Crippen LogP contribution < -0.4 is 10.2 Å². The highest BCUT2D eigenvalue weighted by atomic mass is 35.5. The number of amides is 1. The quantitative estimate of drug-likeness (QED) is 0.389. The van der Waals surface area contributed by atoms with E-state index in [0.29, 0.717) is 29.3 Å². The number of pyridine rings is 3. The molecule has 5 aromatic rings. The van der Waals surface area contributed by atoms with Crippen molar-refractivity contribution in [3.05, 3.63) is 77.6 Å². The van der Waals surface area contributed by atoms with Crippen molar-refractivity contribution in [2.75, 3.05) is 17.3 Å². The van der Waals surface area contributed by atoms with E-state index in [2.05, 4.69) is 30.6 Å². The van der Waals surface area contributed by atoms with Crippen LogP contribution in [0.2, 0.25) is 5.02 Å². The number of hydrogen-bond acceptors (Lipinski definition) is 7. The third kappa shape index (κ3) is 3.95. The summed E-state index contributed by atoms with van der Waals surface area (Å²) in [5.74, 6) is 2.82. The second-order valence-corrected chi connectivity index (χ2v) is 9.21. The Kier molecular flexibility index (Phi) is 5.37. The fourth-order valence-corrected chi connectivity index (χ4v) is 4.63. The van der Waals surface area contributed by atoms with Gasteiger partial charge in [-0.15, -0.1) is 10.2 Å². The minimum absolute atomic E-state index is 0.00575. The molecule has 0 spiro atoms. The van der Waals surface area contributed by atoms with E-state index in [4.69, 9.17) is 11.6 Å². The number of carbonyl (C=O) groups excluding carboxylic acids is 1. The number of hydrogen-bond donors (Lipinski definition) is 1. The van der Waals surface area contributed by atoms with Gasteiger partial charge in [-0.25, -0.2) is 4.98 Å². The molecular weight excluding hydrogens is 478 g/mol. The molecule has 0 saturated carbocycles. The second-order valence-electron chi connectivity index (χ2n) is 8.77. The molecule has 0 saturated heterocycles. The molecule has 0 aliphatic carbocycles. The molecule has 1 atom stereocenters. The summed E-state index contributed by atoms with van der Waals surface area (Å²) in [5.41, 5.74) is 3.36. The molecule has 10 nitrogen and oxygen atoms in total. The molecule has 0 fully saturated rings. The average molecular weight is 500 g/mol. The maximum Gasteiger partial charge on any atom is 0.228 e. The van der Waals surface area contributed by atoms with Crippen LogP contribution in [0.4, 0.5) is 17.5 Å². The van der Waals surface area contributed by atoms with E-state index in [1.54, 1.807) is 41.3 Å². The van der Waals surface area contributed by atoms with Gasteiger partial charge in [0.05, 0.1) is 11.2 Å². The zero-order valence-corrected chi connectivity index (χ0v) is 20.4. The lowest BCUT2D eigenvalue weighted by Crippen LogP contribution is -2.27. The van der Waals surface area contributed by atoms with E-state index in [1.807, 2.05) is 47.8 Å². The van der Waals surface area contributed by atoms with Gasteiger partial charge in [-0.1, -0.05) is 11.6 Å². The first-order valence-corrected chi connectivity index (χ1v) is 11.8. The SMILES string of the molecule is CN1C(=O)CC(Cc2ccc(Cl)cn2)c2nnc3cc(-c4ccnc(Nc5ccnn5C)c4)cc1n23. The molecule has 1 N–H and O–H groups in total. The molecule has 0 bridgehead atoms. The molecular formula is C25H22ClN9O. The molecule has 1 aliphatic rings.